The zero-order valence-electron chi connectivity index (χ0n) is 20.0. The van der Waals surface area contributed by atoms with E-state index >= 15 is 0 Å². The molecular formula is C27H44O3. The SMILES string of the molecule is C=C/C=C/CC(C)C.C=C[C@H](CCC(C)C)[C@@H](O)[C@H](C)OCc1ccc(OC)cc1. The second-order valence-corrected chi connectivity index (χ2v) is 8.52. The van der Waals surface area contributed by atoms with Crippen LogP contribution in [0.15, 0.2) is 61.7 Å². The molecule has 170 valence electrons. The van der Waals surface area contributed by atoms with Crippen LogP contribution in [0.1, 0.15) is 59.4 Å². The average molecular weight is 417 g/mol. The van der Waals surface area contributed by atoms with E-state index in [0.29, 0.717) is 12.5 Å². The third-order valence-electron chi connectivity index (χ3n) is 4.85. The number of benzene rings is 1. The predicted octanol–water partition coefficient (Wildman–Crippen LogP) is 6.97. The van der Waals surface area contributed by atoms with Crippen LogP contribution in [0.4, 0.5) is 0 Å². The van der Waals surface area contributed by atoms with E-state index < -0.39 is 6.10 Å². The molecule has 0 aliphatic rings. The third kappa shape index (κ3) is 13.4. The number of hydrogen-bond donors (Lipinski definition) is 1. The van der Waals surface area contributed by atoms with Gasteiger partial charge in [0.15, 0.2) is 0 Å². The van der Waals surface area contributed by atoms with E-state index in [1.54, 1.807) is 7.11 Å². The Bertz CT molecular complexity index is 587. The van der Waals surface area contributed by atoms with Crippen LogP contribution < -0.4 is 4.74 Å². The molecule has 0 fully saturated rings. The van der Waals surface area contributed by atoms with Gasteiger partial charge in [-0.05, 0) is 49.3 Å². The van der Waals surface area contributed by atoms with Crippen molar-refractivity contribution < 1.29 is 14.6 Å². The molecule has 1 aromatic carbocycles. The standard InChI is InChI=1S/C19H30O3.C8H14/c1-6-17(10-7-14(2)3)19(20)15(4)22-13-16-8-11-18(21-5)12-9-16;1-4-5-6-7-8(2)3/h6,8-9,11-12,14-15,17,19-20H,1,7,10,13H2,2-5H3;4-6,8H,1,7H2,2-3H3/b;6-5+/t15-,17+,19-;/m0./s1. The maximum atomic E-state index is 10.4. The minimum Gasteiger partial charge on any atom is -0.497 e. The topological polar surface area (TPSA) is 38.7 Å². The summed E-state index contributed by atoms with van der Waals surface area (Å²) in [5.41, 5.74) is 1.07. The maximum Gasteiger partial charge on any atom is 0.118 e. The Morgan fingerprint density at radius 2 is 1.60 bits per heavy atom. The lowest BCUT2D eigenvalue weighted by Crippen LogP contribution is -2.32. The predicted molar refractivity (Wildman–Crippen MR) is 130 cm³/mol. The van der Waals surface area contributed by atoms with Crippen molar-refractivity contribution in [1.29, 1.82) is 0 Å². The quantitative estimate of drug-likeness (QED) is 0.279. The molecule has 3 nitrogen and oxygen atoms in total. The van der Waals surface area contributed by atoms with Gasteiger partial charge in [-0.25, -0.2) is 0 Å². The van der Waals surface area contributed by atoms with Crippen molar-refractivity contribution in [2.24, 2.45) is 17.8 Å². The van der Waals surface area contributed by atoms with Crippen LogP contribution in [0.2, 0.25) is 0 Å². The molecule has 0 spiro atoms. The molecule has 0 heterocycles. The molecule has 0 bridgehead atoms. The summed E-state index contributed by atoms with van der Waals surface area (Å²) in [7, 11) is 1.65. The van der Waals surface area contributed by atoms with Gasteiger partial charge in [-0.3, -0.25) is 0 Å². The summed E-state index contributed by atoms with van der Waals surface area (Å²) in [6.07, 6.45) is 10.2. The van der Waals surface area contributed by atoms with E-state index in [0.717, 1.165) is 36.5 Å². The first-order chi connectivity index (χ1) is 14.2. The lowest BCUT2D eigenvalue weighted by molar-refractivity contribution is -0.0532. The largest absolute Gasteiger partial charge is 0.497 e. The van der Waals surface area contributed by atoms with Gasteiger partial charge < -0.3 is 14.6 Å². The summed E-state index contributed by atoms with van der Waals surface area (Å²) in [5.74, 6) is 2.31. The first-order valence-corrected chi connectivity index (χ1v) is 11.1. The van der Waals surface area contributed by atoms with E-state index in [1.807, 2.05) is 49.4 Å². The van der Waals surface area contributed by atoms with Crippen LogP contribution in [0.5, 0.6) is 5.75 Å². The Kier molecular flexibility index (Phi) is 15.9. The highest BCUT2D eigenvalue weighted by atomic mass is 16.5. The lowest BCUT2D eigenvalue weighted by Gasteiger charge is -2.26. The molecule has 0 saturated heterocycles. The summed E-state index contributed by atoms with van der Waals surface area (Å²) in [5, 5.41) is 10.4. The Morgan fingerprint density at radius 3 is 2.07 bits per heavy atom. The minimum absolute atomic E-state index is 0.0771. The van der Waals surface area contributed by atoms with Gasteiger partial charge in [-0.1, -0.05) is 77.1 Å². The Hall–Kier alpha value is -1.84. The van der Waals surface area contributed by atoms with Crippen molar-refractivity contribution in [3.05, 3.63) is 67.3 Å². The smallest absolute Gasteiger partial charge is 0.118 e. The van der Waals surface area contributed by atoms with E-state index in [4.69, 9.17) is 9.47 Å². The fourth-order valence-corrected chi connectivity index (χ4v) is 2.80. The summed E-state index contributed by atoms with van der Waals surface area (Å²) in [4.78, 5) is 0. The van der Waals surface area contributed by atoms with Gasteiger partial charge in [0.1, 0.15) is 5.75 Å². The summed E-state index contributed by atoms with van der Waals surface area (Å²) in [6, 6.07) is 7.77. The zero-order valence-corrected chi connectivity index (χ0v) is 20.0. The summed E-state index contributed by atoms with van der Waals surface area (Å²) in [6.45, 7) is 18.6. The van der Waals surface area contributed by atoms with Crippen molar-refractivity contribution in [2.75, 3.05) is 7.11 Å². The molecule has 0 unspecified atom stereocenters. The number of allylic oxidation sites excluding steroid dienone is 3. The Morgan fingerprint density at radius 1 is 0.967 bits per heavy atom. The molecule has 0 saturated carbocycles. The highest BCUT2D eigenvalue weighted by Gasteiger charge is 2.23. The lowest BCUT2D eigenvalue weighted by atomic mass is 9.91. The fraction of sp³-hybridized carbons (Fsp3) is 0.556. The minimum atomic E-state index is -0.519. The molecule has 3 atom stereocenters. The second-order valence-electron chi connectivity index (χ2n) is 8.52. The van der Waals surface area contributed by atoms with Crippen LogP contribution in [0.25, 0.3) is 0 Å². The fourth-order valence-electron chi connectivity index (χ4n) is 2.80. The number of hydrogen-bond acceptors (Lipinski definition) is 3. The number of aliphatic hydroxyl groups excluding tert-OH is 1. The van der Waals surface area contributed by atoms with Crippen molar-refractivity contribution in [3.63, 3.8) is 0 Å². The third-order valence-corrected chi connectivity index (χ3v) is 4.85. The Labute approximate surface area is 185 Å². The van der Waals surface area contributed by atoms with Crippen molar-refractivity contribution in [3.8, 4) is 5.75 Å². The van der Waals surface area contributed by atoms with Gasteiger partial charge >= 0.3 is 0 Å². The maximum absolute atomic E-state index is 10.4. The van der Waals surface area contributed by atoms with E-state index in [1.165, 1.54) is 0 Å². The molecule has 30 heavy (non-hydrogen) atoms. The van der Waals surface area contributed by atoms with Crippen molar-refractivity contribution >= 4 is 0 Å². The Balaban J connectivity index is 0.000000890. The van der Waals surface area contributed by atoms with E-state index in [2.05, 4.69) is 46.9 Å². The van der Waals surface area contributed by atoms with E-state index in [-0.39, 0.29) is 12.0 Å². The normalized spacial score (nSPS) is 14.2. The van der Waals surface area contributed by atoms with Gasteiger partial charge in [-0.15, -0.1) is 6.58 Å². The highest BCUT2D eigenvalue weighted by molar-refractivity contribution is 5.26. The van der Waals surface area contributed by atoms with Gasteiger partial charge in [-0.2, -0.15) is 0 Å². The molecule has 3 heteroatoms. The number of ether oxygens (including phenoxy) is 2. The van der Waals surface area contributed by atoms with Gasteiger partial charge in [0, 0.05) is 5.92 Å². The zero-order chi connectivity index (χ0) is 22.9. The van der Waals surface area contributed by atoms with Gasteiger partial charge in [0.2, 0.25) is 0 Å². The molecule has 0 aliphatic carbocycles. The molecule has 0 aromatic heterocycles. The molecule has 0 radical (unpaired) electrons. The van der Waals surface area contributed by atoms with Crippen LogP contribution in [-0.4, -0.2) is 24.4 Å². The molecule has 1 N–H and O–H groups in total. The average Bonchev–Trinajstić information content (AvgIpc) is 2.72. The number of rotatable bonds is 13. The van der Waals surface area contributed by atoms with Crippen LogP contribution in [0.3, 0.4) is 0 Å². The van der Waals surface area contributed by atoms with Crippen LogP contribution in [0, 0.1) is 17.8 Å². The molecule has 1 aromatic rings. The van der Waals surface area contributed by atoms with Crippen LogP contribution >= 0.6 is 0 Å². The van der Waals surface area contributed by atoms with E-state index in [9.17, 15) is 5.11 Å². The van der Waals surface area contributed by atoms with Gasteiger partial charge in [0.05, 0.1) is 25.9 Å². The van der Waals surface area contributed by atoms with Crippen LogP contribution in [-0.2, 0) is 11.3 Å². The molecule has 0 aliphatic heterocycles. The summed E-state index contributed by atoms with van der Waals surface area (Å²) >= 11 is 0. The number of aliphatic hydroxyl groups is 1. The molecular weight excluding hydrogens is 372 g/mol. The number of methoxy groups -OCH3 is 1. The first kappa shape index (κ1) is 28.2. The molecule has 0 amide bonds. The second kappa shape index (κ2) is 16.9. The van der Waals surface area contributed by atoms with Crippen molar-refractivity contribution in [2.45, 2.75) is 72.7 Å². The van der Waals surface area contributed by atoms with Crippen molar-refractivity contribution in [1.82, 2.24) is 0 Å². The van der Waals surface area contributed by atoms with Gasteiger partial charge in [0.25, 0.3) is 0 Å². The monoisotopic (exact) mass is 416 g/mol. The first-order valence-electron chi connectivity index (χ1n) is 11.1. The highest BCUT2D eigenvalue weighted by Crippen LogP contribution is 2.21. The molecule has 1 rings (SSSR count). The summed E-state index contributed by atoms with van der Waals surface area (Å²) < 4.78 is 10.9.